The van der Waals surface area contributed by atoms with E-state index in [1.54, 1.807) is 0 Å². The van der Waals surface area contributed by atoms with Gasteiger partial charge in [-0.05, 0) is 68.8 Å². The Morgan fingerprint density at radius 2 is 1.65 bits per heavy atom. The molecule has 0 aromatic heterocycles. The lowest BCUT2D eigenvalue weighted by molar-refractivity contribution is -0.152. The standard InChI is InChI=1S/C15H23NO/c1-4-14(17)16(3)15(2)12-6-10-5-11(8-12)9-13(15)7-10/h4,10-13H,1,5-9H2,2-3H3. The van der Waals surface area contributed by atoms with Gasteiger partial charge < -0.3 is 4.90 Å². The zero-order valence-corrected chi connectivity index (χ0v) is 11.0. The van der Waals surface area contributed by atoms with Gasteiger partial charge in [-0.2, -0.15) is 0 Å². The van der Waals surface area contributed by atoms with Crippen molar-refractivity contribution in [2.45, 2.75) is 44.6 Å². The van der Waals surface area contributed by atoms with Crippen LogP contribution in [0.5, 0.6) is 0 Å². The summed E-state index contributed by atoms with van der Waals surface area (Å²) < 4.78 is 0. The van der Waals surface area contributed by atoms with E-state index in [-0.39, 0.29) is 11.4 Å². The van der Waals surface area contributed by atoms with E-state index in [9.17, 15) is 4.79 Å². The number of carbonyl (C=O) groups excluding carboxylic acids is 1. The molecule has 17 heavy (non-hydrogen) atoms. The number of hydrogen-bond acceptors (Lipinski definition) is 1. The van der Waals surface area contributed by atoms with Crippen molar-refractivity contribution < 1.29 is 4.79 Å². The average molecular weight is 233 g/mol. The molecule has 0 aliphatic heterocycles. The first-order valence-corrected chi connectivity index (χ1v) is 6.96. The molecule has 4 aliphatic carbocycles. The highest BCUT2D eigenvalue weighted by atomic mass is 16.2. The Kier molecular flexibility index (Phi) is 2.39. The summed E-state index contributed by atoms with van der Waals surface area (Å²) in [6.45, 7) is 5.95. The number of likely N-dealkylation sites (N-methyl/N-ethyl adjacent to an activating group) is 1. The molecule has 4 fully saturated rings. The Morgan fingerprint density at radius 3 is 2.06 bits per heavy atom. The van der Waals surface area contributed by atoms with E-state index in [0.29, 0.717) is 0 Å². The summed E-state index contributed by atoms with van der Waals surface area (Å²) in [5.41, 5.74) is 0.0959. The third-order valence-corrected chi connectivity index (χ3v) is 6.02. The zero-order chi connectivity index (χ0) is 12.2. The normalized spacial score (nSPS) is 46.9. The van der Waals surface area contributed by atoms with Crippen molar-refractivity contribution in [3.63, 3.8) is 0 Å². The third kappa shape index (κ3) is 1.42. The highest BCUT2D eigenvalue weighted by Gasteiger charge is 2.57. The topological polar surface area (TPSA) is 20.3 Å². The first kappa shape index (κ1) is 11.3. The molecule has 0 saturated heterocycles. The summed E-state index contributed by atoms with van der Waals surface area (Å²) in [6, 6.07) is 0. The highest BCUT2D eigenvalue weighted by molar-refractivity contribution is 5.87. The van der Waals surface area contributed by atoms with Crippen molar-refractivity contribution in [3.8, 4) is 0 Å². The van der Waals surface area contributed by atoms with Gasteiger partial charge in [-0.25, -0.2) is 0 Å². The van der Waals surface area contributed by atoms with Crippen molar-refractivity contribution in [2.75, 3.05) is 7.05 Å². The maximum absolute atomic E-state index is 11.9. The second-order valence-electron chi connectivity index (χ2n) is 6.63. The SMILES string of the molecule is C=CC(=O)N(C)C1(C)C2CC3CC(C2)CC1C3. The molecular weight excluding hydrogens is 210 g/mol. The van der Waals surface area contributed by atoms with Gasteiger partial charge in [-0.1, -0.05) is 6.58 Å². The number of carbonyl (C=O) groups is 1. The molecule has 0 heterocycles. The van der Waals surface area contributed by atoms with Crippen LogP contribution in [-0.4, -0.2) is 23.4 Å². The van der Waals surface area contributed by atoms with Crippen LogP contribution in [-0.2, 0) is 4.79 Å². The minimum Gasteiger partial charge on any atom is -0.336 e. The number of amides is 1. The van der Waals surface area contributed by atoms with Crippen LogP contribution < -0.4 is 0 Å². The van der Waals surface area contributed by atoms with Gasteiger partial charge in [0.2, 0.25) is 5.91 Å². The maximum atomic E-state index is 11.9. The number of hydrogen-bond donors (Lipinski definition) is 0. The van der Waals surface area contributed by atoms with Crippen LogP contribution in [0.15, 0.2) is 12.7 Å². The van der Waals surface area contributed by atoms with E-state index in [1.165, 1.54) is 38.2 Å². The van der Waals surface area contributed by atoms with E-state index in [0.717, 1.165) is 23.7 Å². The zero-order valence-electron chi connectivity index (χ0n) is 11.0. The molecule has 0 unspecified atom stereocenters. The summed E-state index contributed by atoms with van der Waals surface area (Å²) in [7, 11) is 1.98. The van der Waals surface area contributed by atoms with Crippen molar-refractivity contribution in [1.82, 2.24) is 4.90 Å². The van der Waals surface area contributed by atoms with Gasteiger partial charge in [0.15, 0.2) is 0 Å². The largest absolute Gasteiger partial charge is 0.336 e. The van der Waals surface area contributed by atoms with E-state index in [4.69, 9.17) is 0 Å². The first-order valence-electron chi connectivity index (χ1n) is 6.96. The minimum absolute atomic E-state index is 0.0959. The summed E-state index contributed by atoms with van der Waals surface area (Å²) >= 11 is 0. The molecule has 2 nitrogen and oxygen atoms in total. The Morgan fingerprint density at radius 1 is 1.18 bits per heavy atom. The average Bonchev–Trinajstić information content (AvgIpc) is 2.32. The summed E-state index contributed by atoms with van der Waals surface area (Å²) in [6.07, 6.45) is 8.31. The maximum Gasteiger partial charge on any atom is 0.246 e. The monoisotopic (exact) mass is 233 g/mol. The minimum atomic E-state index is 0.0959. The van der Waals surface area contributed by atoms with Gasteiger partial charge >= 0.3 is 0 Å². The lowest BCUT2D eigenvalue weighted by atomic mass is 9.48. The van der Waals surface area contributed by atoms with Gasteiger partial charge in [0, 0.05) is 12.6 Å². The summed E-state index contributed by atoms with van der Waals surface area (Å²) in [5, 5.41) is 0. The molecule has 0 aromatic carbocycles. The fraction of sp³-hybridized carbons (Fsp3) is 0.800. The smallest absolute Gasteiger partial charge is 0.246 e. The Balaban J connectivity index is 1.91. The summed E-state index contributed by atoms with van der Waals surface area (Å²) in [4.78, 5) is 13.9. The van der Waals surface area contributed by atoms with Crippen LogP contribution in [0.2, 0.25) is 0 Å². The molecule has 2 heteroatoms. The lowest BCUT2D eigenvalue weighted by Gasteiger charge is -2.62. The van der Waals surface area contributed by atoms with E-state index in [2.05, 4.69) is 13.5 Å². The second kappa shape index (κ2) is 3.60. The molecule has 0 N–H and O–H groups in total. The van der Waals surface area contributed by atoms with Gasteiger partial charge in [0.25, 0.3) is 0 Å². The molecule has 4 bridgehead atoms. The molecule has 0 aromatic rings. The van der Waals surface area contributed by atoms with Gasteiger partial charge in [0.05, 0.1) is 0 Å². The lowest BCUT2D eigenvalue weighted by Crippen LogP contribution is -2.64. The van der Waals surface area contributed by atoms with Crippen LogP contribution in [0, 0.1) is 23.7 Å². The van der Waals surface area contributed by atoms with E-state index < -0.39 is 0 Å². The van der Waals surface area contributed by atoms with Gasteiger partial charge in [-0.3, -0.25) is 4.79 Å². The predicted octanol–water partition coefficient (Wildman–Crippen LogP) is 2.85. The molecule has 0 atom stereocenters. The van der Waals surface area contributed by atoms with Crippen LogP contribution in [0.4, 0.5) is 0 Å². The molecule has 0 radical (unpaired) electrons. The van der Waals surface area contributed by atoms with Crippen molar-refractivity contribution in [3.05, 3.63) is 12.7 Å². The van der Waals surface area contributed by atoms with Crippen molar-refractivity contribution >= 4 is 5.91 Å². The number of rotatable bonds is 2. The van der Waals surface area contributed by atoms with Gasteiger partial charge in [0.1, 0.15) is 0 Å². The van der Waals surface area contributed by atoms with E-state index in [1.807, 2.05) is 11.9 Å². The molecule has 4 rings (SSSR count). The van der Waals surface area contributed by atoms with Crippen LogP contribution in [0.3, 0.4) is 0 Å². The highest BCUT2D eigenvalue weighted by Crippen LogP contribution is 2.59. The molecule has 94 valence electrons. The van der Waals surface area contributed by atoms with Gasteiger partial charge in [-0.15, -0.1) is 0 Å². The third-order valence-electron chi connectivity index (χ3n) is 6.02. The Labute approximate surface area is 104 Å². The molecule has 4 saturated carbocycles. The second-order valence-corrected chi connectivity index (χ2v) is 6.63. The van der Waals surface area contributed by atoms with Crippen molar-refractivity contribution in [2.24, 2.45) is 23.7 Å². The fourth-order valence-corrected chi connectivity index (χ4v) is 5.06. The van der Waals surface area contributed by atoms with Crippen molar-refractivity contribution in [1.29, 1.82) is 0 Å². The summed E-state index contributed by atoms with van der Waals surface area (Å²) in [5.74, 6) is 3.47. The molecule has 1 amide bonds. The molecule has 0 spiro atoms. The fourth-order valence-electron chi connectivity index (χ4n) is 5.06. The quantitative estimate of drug-likeness (QED) is 0.672. The molecular formula is C15H23NO. The van der Waals surface area contributed by atoms with Crippen LogP contribution in [0.1, 0.15) is 39.0 Å². The van der Waals surface area contributed by atoms with Crippen LogP contribution >= 0.6 is 0 Å². The Hall–Kier alpha value is -0.790. The van der Waals surface area contributed by atoms with E-state index >= 15 is 0 Å². The molecule has 4 aliphatic rings. The number of nitrogens with zero attached hydrogens (tertiary/aromatic N) is 1. The van der Waals surface area contributed by atoms with Crippen LogP contribution in [0.25, 0.3) is 0 Å². The first-order chi connectivity index (χ1) is 8.05. The predicted molar refractivity (Wildman–Crippen MR) is 68.4 cm³/mol. The Bertz CT molecular complexity index is 332.